The first-order valence-corrected chi connectivity index (χ1v) is 8.17. The van der Waals surface area contributed by atoms with Gasteiger partial charge in [-0.05, 0) is 37.6 Å². The van der Waals surface area contributed by atoms with E-state index in [4.69, 9.17) is 9.15 Å². The quantitative estimate of drug-likeness (QED) is 0.708. The molecule has 0 saturated heterocycles. The van der Waals surface area contributed by atoms with Gasteiger partial charge in [-0.2, -0.15) is 0 Å². The van der Waals surface area contributed by atoms with Crippen molar-refractivity contribution < 1.29 is 23.1 Å². The second-order valence-corrected chi connectivity index (χ2v) is 5.95. The Morgan fingerprint density at radius 3 is 2.65 bits per heavy atom. The summed E-state index contributed by atoms with van der Waals surface area (Å²) in [7, 11) is 0. The van der Waals surface area contributed by atoms with Crippen LogP contribution < -0.4 is 5.32 Å². The molecule has 0 aliphatic carbocycles. The van der Waals surface area contributed by atoms with E-state index in [-0.39, 0.29) is 5.76 Å². The van der Waals surface area contributed by atoms with Crippen molar-refractivity contribution in [1.29, 1.82) is 0 Å². The third-order valence-corrected chi connectivity index (χ3v) is 4.05. The van der Waals surface area contributed by atoms with Gasteiger partial charge < -0.3 is 14.5 Å². The average molecular weight is 355 g/mol. The van der Waals surface area contributed by atoms with Crippen molar-refractivity contribution in [2.24, 2.45) is 0 Å². The van der Waals surface area contributed by atoms with E-state index in [1.165, 1.54) is 25.1 Å². The molecule has 2 aromatic carbocycles. The average Bonchev–Trinajstić information content (AvgIpc) is 2.97. The molecule has 26 heavy (non-hydrogen) atoms. The Balaban J connectivity index is 1.65. The van der Waals surface area contributed by atoms with Gasteiger partial charge in [0.05, 0.1) is 0 Å². The number of esters is 1. The number of ether oxygens (including phenoxy) is 1. The first kappa shape index (κ1) is 17.7. The Kier molecular flexibility index (Phi) is 5.02. The van der Waals surface area contributed by atoms with Gasteiger partial charge in [0, 0.05) is 17.5 Å². The minimum absolute atomic E-state index is 0.0340. The zero-order valence-electron chi connectivity index (χ0n) is 14.4. The molecule has 0 fully saturated rings. The van der Waals surface area contributed by atoms with Gasteiger partial charge in [-0.3, -0.25) is 4.79 Å². The van der Waals surface area contributed by atoms with Gasteiger partial charge in [-0.25, -0.2) is 9.18 Å². The zero-order chi connectivity index (χ0) is 18.7. The lowest BCUT2D eigenvalue weighted by Gasteiger charge is -2.13. The van der Waals surface area contributed by atoms with Crippen LogP contribution in [0.15, 0.2) is 52.9 Å². The molecule has 0 spiro atoms. The van der Waals surface area contributed by atoms with E-state index in [0.29, 0.717) is 23.1 Å². The summed E-state index contributed by atoms with van der Waals surface area (Å²) < 4.78 is 24.0. The van der Waals surface area contributed by atoms with Crippen LogP contribution in [0, 0.1) is 12.7 Å². The first-order chi connectivity index (χ1) is 12.5. The summed E-state index contributed by atoms with van der Waals surface area (Å²) in [5.41, 5.74) is 1.80. The van der Waals surface area contributed by atoms with Crippen molar-refractivity contribution in [2.75, 3.05) is 0 Å². The van der Waals surface area contributed by atoms with E-state index >= 15 is 0 Å². The van der Waals surface area contributed by atoms with Gasteiger partial charge in [0.2, 0.25) is 5.76 Å². The lowest BCUT2D eigenvalue weighted by Crippen LogP contribution is -2.35. The maximum atomic E-state index is 13.4. The second-order valence-electron chi connectivity index (χ2n) is 5.95. The molecule has 1 N–H and O–H groups in total. The molecule has 134 valence electrons. The highest BCUT2D eigenvalue weighted by molar-refractivity contribution is 5.97. The van der Waals surface area contributed by atoms with Gasteiger partial charge in [0.25, 0.3) is 5.91 Å². The van der Waals surface area contributed by atoms with Crippen molar-refractivity contribution in [2.45, 2.75) is 26.5 Å². The van der Waals surface area contributed by atoms with Crippen molar-refractivity contribution >= 4 is 22.8 Å². The number of carbonyl (C=O) groups excluding carboxylic acids is 2. The Labute approximate surface area is 149 Å². The van der Waals surface area contributed by atoms with E-state index in [1.54, 1.807) is 6.92 Å². The van der Waals surface area contributed by atoms with E-state index in [1.807, 2.05) is 30.3 Å². The molecule has 1 atom stereocenters. The van der Waals surface area contributed by atoms with Crippen LogP contribution in [-0.4, -0.2) is 18.0 Å². The second kappa shape index (κ2) is 7.39. The van der Waals surface area contributed by atoms with Crippen molar-refractivity contribution in [1.82, 2.24) is 5.32 Å². The molecule has 6 heteroatoms. The summed E-state index contributed by atoms with van der Waals surface area (Å²) in [5.74, 6) is -1.63. The molecule has 0 saturated carbocycles. The molecule has 1 heterocycles. The largest absolute Gasteiger partial charge is 0.449 e. The van der Waals surface area contributed by atoms with Gasteiger partial charge in [0.1, 0.15) is 11.4 Å². The number of hydrogen-bond donors (Lipinski definition) is 1. The number of fused-ring (bicyclic) bond motifs is 1. The molecule has 1 unspecified atom stereocenters. The SMILES string of the molecule is Cc1c(C(=O)OC(C)C(=O)NCc2ccccc2)oc2ccc(F)cc12. The lowest BCUT2D eigenvalue weighted by atomic mass is 10.1. The highest BCUT2D eigenvalue weighted by Gasteiger charge is 2.24. The number of halogens is 1. The number of furan rings is 1. The standard InChI is InChI=1S/C20H18FNO4/c1-12-16-10-15(21)8-9-17(16)26-18(12)20(24)25-13(2)19(23)22-11-14-6-4-3-5-7-14/h3-10,13H,11H2,1-2H3,(H,22,23). The molecular weight excluding hydrogens is 337 g/mol. The summed E-state index contributed by atoms with van der Waals surface area (Å²) in [4.78, 5) is 24.4. The van der Waals surface area contributed by atoms with E-state index in [9.17, 15) is 14.0 Å². The van der Waals surface area contributed by atoms with Crippen LogP contribution in [0.2, 0.25) is 0 Å². The first-order valence-electron chi connectivity index (χ1n) is 8.17. The van der Waals surface area contributed by atoms with Gasteiger partial charge in [-0.15, -0.1) is 0 Å². The fraction of sp³-hybridized carbons (Fsp3) is 0.200. The van der Waals surface area contributed by atoms with Crippen LogP contribution in [0.5, 0.6) is 0 Å². The molecule has 1 amide bonds. The normalized spacial score (nSPS) is 12.0. The molecule has 1 aromatic heterocycles. The predicted octanol–water partition coefficient (Wildman–Crippen LogP) is 3.74. The summed E-state index contributed by atoms with van der Waals surface area (Å²) >= 11 is 0. The van der Waals surface area contributed by atoms with Crippen LogP contribution in [0.4, 0.5) is 4.39 Å². The fourth-order valence-corrected chi connectivity index (χ4v) is 2.58. The number of aryl methyl sites for hydroxylation is 1. The molecule has 0 radical (unpaired) electrons. The fourth-order valence-electron chi connectivity index (χ4n) is 2.58. The Morgan fingerprint density at radius 1 is 1.19 bits per heavy atom. The Hall–Kier alpha value is -3.15. The number of benzene rings is 2. The number of amides is 1. The summed E-state index contributed by atoms with van der Waals surface area (Å²) in [6.45, 7) is 3.46. The highest BCUT2D eigenvalue weighted by Crippen LogP contribution is 2.26. The van der Waals surface area contributed by atoms with Crippen LogP contribution >= 0.6 is 0 Å². The predicted molar refractivity (Wildman–Crippen MR) is 94.1 cm³/mol. The van der Waals surface area contributed by atoms with Crippen LogP contribution in [0.1, 0.15) is 28.6 Å². The zero-order valence-corrected chi connectivity index (χ0v) is 14.4. The lowest BCUT2D eigenvalue weighted by molar-refractivity contribution is -0.129. The van der Waals surface area contributed by atoms with Gasteiger partial charge in [-0.1, -0.05) is 30.3 Å². The van der Waals surface area contributed by atoms with Crippen molar-refractivity contribution in [3.63, 3.8) is 0 Å². The maximum absolute atomic E-state index is 13.4. The van der Waals surface area contributed by atoms with E-state index in [0.717, 1.165) is 5.56 Å². The Bertz CT molecular complexity index is 949. The number of carbonyl (C=O) groups is 2. The number of hydrogen-bond acceptors (Lipinski definition) is 4. The van der Waals surface area contributed by atoms with Gasteiger partial charge >= 0.3 is 5.97 Å². The third kappa shape index (κ3) is 3.74. The van der Waals surface area contributed by atoms with Gasteiger partial charge in [0.15, 0.2) is 6.10 Å². The molecule has 5 nitrogen and oxygen atoms in total. The molecule has 3 aromatic rings. The molecule has 0 aliphatic heterocycles. The summed E-state index contributed by atoms with van der Waals surface area (Å²) in [6.07, 6.45) is -0.990. The van der Waals surface area contributed by atoms with Crippen molar-refractivity contribution in [3.05, 3.63) is 71.2 Å². The minimum atomic E-state index is -0.990. The Morgan fingerprint density at radius 2 is 1.92 bits per heavy atom. The van der Waals surface area contributed by atoms with Crippen LogP contribution in [0.3, 0.4) is 0 Å². The third-order valence-electron chi connectivity index (χ3n) is 4.05. The van der Waals surface area contributed by atoms with Crippen LogP contribution in [0.25, 0.3) is 11.0 Å². The minimum Gasteiger partial charge on any atom is -0.449 e. The summed E-state index contributed by atoms with van der Waals surface area (Å²) in [5, 5.41) is 3.21. The topological polar surface area (TPSA) is 68.5 Å². The van der Waals surface area contributed by atoms with Crippen molar-refractivity contribution in [3.8, 4) is 0 Å². The number of nitrogens with one attached hydrogen (secondary N) is 1. The van der Waals surface area contributed by atoms with E-state index in [2.05, 4.69) is 5.32 Å². The number of rotatable bonds is 5. The molecule has 3 rings (SSSR count). The van der Waals surface area contributed by atoms with E-state index < -0.39 is 23.8 Å². The maximum Gasteiger partial charge on any atom is 0.375 e. The highest BCUT2D eigenvalue weighted by atomic mass is 19.1. The molecule has 0 bridgehead atoms. The molecular formula is C20H18FNO4. The monoisotopic (exact) mass is 355 g/mol. The van der Waals surface area contributed by atoms with Crippen LogP contribution in [-0.2, 0) is 16.1 Å². The smallest absolute Gasteiger partial charge is 0.375 e. The molecule has 0 aliphatic rings. The summed E-state index contributed by atoms with van der Waals surface area (Å²) in [6, 6.07) is 13.4.